The van der Waals surface area contributed by atoms with Crippen LogP contribution < -0.4 is 5.32 Å². The molecule has 0 spiro atoms. The second kappa shape index (κ2) is 4.95. The second-order valence-corrected chi connectivity index (χ2v) is 3.03. The van der Waals surface area contributed by atoms with Gasteiger partial charge in [-0.2, -0.15) is 0 Å². The van der Waals surface area contributed by atoms with Crippen molar-refractivity contribution in [1.82, 2.24) is 5.32 Å². The molecule has 0 aliphatic rings. The van der Waals surface area contributed by atoms with E-state index in [1.165, 1.54) is 0 Å². The Bertz CT molecular complexity index is 384. The molecule has 1 rings (SSSR count). The van der Waals surface area contributed by atoms with Crippen molar-refractivity contribution in [2.75, 3.05) is 0 Å². The number of carboxylic acid groups (broad SMARTS) is 1. The number of rotatable bonds is 3. The molecule has 0 fully saturated rings. The monoisotopic (exact) mass is 205 g/mol. The first-order valence-electron chi connectivity index (χ1n) is 4.35. The van der Waals surface area contributed by atoms with Crippen LogP contribution in [-0.2, 0) is 11.2 Å². The van der Waals surface area contributed by atoms with Gasteiger partial charge in [0.05, 0.1) is 0 Å². The predicted molar refractivity (Wildman–Crippen MR) is 55.5 cm³/mol. The third-order valence-corrected chi connectivity index (χ3v) is 1.80. The molecule has 15 heavy (non-hydrogen) atoms. The van der Waals surface area contributed by atoms with Crippen molar-refractivity contribution in [1.29, 1.82) is 0 Å². The summed E-state index contributed by atoms with van der Waals surface area (Å²) in [5.74, 6) is -0.661. The number of carbonyl (C=O) groups is 2. The van der Waals surface area contributed by atoms with E-state index in [0.29, 0.717) is 6.42 Å². The van der Waals surface area contributed by atoms with Gasteiger partial charge in [0.15, 0.2) is 0 Å². The molecule has 0 unspecified atom stereocenters. The number of hydrogen-bond acceptors (Lipinski definition) is 2. The lowest BCUT2D eigenvalue weighted by Crippen LogP contribution is -2.30. The quantitative estimate of drug-likeness (QED) is 0.736. The van der Waals surface area contributed by atoms with Gasteiger partial charge in [0.25, 0.3) is 5.91 Å². The zero-order chi connectivity index (χ0) is 11.3. The summed E-state index contributed by atoms with van der Waals surface area (Å²) < 4.78 is 0. The highest BCUT2D eigenvalue weighted by molar-refractivity contribution is 6.01. The molecule has 0 saturated carbocycles. The van der Waals surface area contributed by atoms with E-state index in [1.807, 2.05) is 30.3 Å². The first-order chi connectivity index (χ1) is 7.09. The first kappa shape index (κ1) is 11.0. The number of carbonyl (C=O) groups excluding carboxylic acids is 1. The molecular weight excluding hydrogens is 194 g/mol. The van der Waals surface area contributed by atoms with Gasteiger partial charge in [0.1, 0.15) is 0 Å². The molecule has 0 bridgehead atoms. The Morgan fingerprint density at radius 1 is 1.27 bits per heavy atom. The van der Waals surface area contributed by atoms with Crippen LogP contribution in [0, 0.1) is 0 Å². The molecule has 2 amide bonds. The van der Waals surface area contributed by atoms with E-state index in [4.69, 9.17) is 5.11 Å². The maximum atomic E-state index is 11.2. The van der Waals surface area contributed by atoms with Crippen LogP contribution in [-0.4, -0.2) is 17.1 Å². The van der Waals surface area contributed by atoms with Gasteiger partial charge < -0.3 is 5.11 Å². The average molecular weight is 205 g/mol. The molecule has 0 saturated heterocycles. The van der Waals surface area contributed by atoms with Crippen molar-refractivity contribution in [2.45, 2.75) is 6.42 Å². The molecule has 78 valence electrons. The molecule has 0 heterocycles. The van der Waals surface area contributed by atoms with Gasteiger partial charge in [-0.05, 0) is 5.56 Å². The highest BCUT2D eigenvalue weighted by Gasteiger charge is 2.09. The summed E-state index contributed by atoms with van der Waals surface area (Å²) in [6, 6.07) is 9.25. The molecule has 0 aromatic heterocycles. The first-order valence-corrected chi connectivity index (χ1v) is 4.35. The van der Waals surface area contributed by atoms with Gasteiger partial charge in [0, 0.05) is 12.0 Å². The van der Waals surface area contributed by atoms with E-state index in [9.17, 15) is 9.59 Å². The Morgan fingerprint density at radius 3 is 2.40 bits per heavy atom. The summed E-state index contributed by atoms with van der Waals surface area (Å²) in [7, 11) is 0. The summed E-state index contributed by atoms with van der Waals surface area (Å²) >= 11 is 0. The number of nitrogens with one attached hydrogen (secondary N) is 1. The van der Waals surface area contributed by atoms with Crippen molar-refractivity contribution in [3.05, 3.63) is 48.0 Å². The van der Waals surface area contributed by atoms with E-state index in [1.54, 1.807) is 5.32 Å². The van der Waals surface area contributed by atoms with Crippen molar-refractivity contribution >= 4 is 12.0 Å². The fraction of sp³-hybridized carbons (Fsp3) is 0.0909. The second-order valence-electron chi connectivity index (χ2n) is 3.03. The zero-order valence-electron chi connectivity index (χ0n) is 8.06. The van der Waals surface area contributed by atoms with Gasteiger partial charge in [-0.15, -0.1) is 0 Å². The summed E-state index contributed by atoms with van der Waals surface area (Å²) in [4.78, 5) is 21.4. The zero-order valence-corrected chi connectivity index (χ0v) is 8.06. The van der Waals surface area contributed by atoms with E-state index >= 15 is 0 Å². The van der Waals surface area contributed by atoms with Crippen molar-refractivity contribution < 1.29 is 14.7 Å². The van der Waals surface area contributed by atoms with Crippen LogP contribution in [0.2, 0.25) is 0 Å². The maximum Gasteiger partial charge on any atom is 0.411 e. The lowest BCUT2D eigenvalue weighted by atomic mass is 10.1. The average Bonchev–Trinajstić information content (AvgIpc) is 2.18. The van der Waals surface area contributed by atoms with Crippen LogP contribution in [0.15, 0.2) is 42.5 Å². The van der Waals surface area contributed by atoms with E-state index in [2.05, 4.69) is 6.58 Å². The SMILES string of the molecule is C=C(Cc1ccccc1)C(=O)NC(=O)O. The number of hydrogen-bond donors (Lipinski definition) is 2. The van der Waals surface area contributed by atoms with Gasteiger partial charge in [0.2, 0.25) is 0 Å². The topological polar surface area (TPSA) is 66.4 Å². The lowest BCUT2D eigenvalue weighted by Gasteiger charge is -2.03. The molecule has 4 nitrogen and oxygen atoms in total. The lowest BCUT2D eigenvalue weighted by molar-refractivity contribution is -0.116. The Hall–Kier alpha value is -2.10. The Balaban J connectivity index is 2.56. The largest absolute Gasteiger partial charge is 0.465 e. The standard InChI is InChI=1S/C11H11NO3/c1-8(10(13)12-11(14)15)7-9-5-3-2-4-6-9/h2-6H,1,7H2,(H,12,13)(H,14,15). The molecular formula is C11H11NO3. The van der Waals surface area contributed by atoms with Crippen LogP contribution >= 0.6 is 0 Å². The Kier molecular flexibility index (Phi) is 3.62. The van der Waals surface area contributed by atoms with E-state index in [0.717, 1.165) is 5.56 Å². The summed E-state index contributed by atoms with van der Waals surface area (Å²) in [6.45, 7) is 3.53. The minimum atomic E-state index is -1.37. The minimum absolute atomic E-state index is 0.226. The van der Waals surface area contributed by atoms with Crippen LogP contribution in [0.1, 0.15) is 5.56 Å². The predicted octanol–water partition coefficient (Wildman–Crippen LogP) is 1.58. The summed E-state index contributed by atoms with van der Waals surface area (Å²) in [5.41, 5.74) is 1.15. The third kappa shape index (κ3) is 3.64. The smallest absolute Gasteiger partial charge is 0.411 e. The van der Waals surface area contributed by atoms with Gasteiger partial charge in [-0.25, -0.2) is 4.79 Å². The van der Waals surface area contributed by atoms with Gasteiger partial charge >= 0.3 is 6.09 Å². The van der Waals surface area contributed by atoms with E-state index in [-0.39, 0.29) is 5.57 Å². The molecule has 0 aliphatic heterocycles. The molecule has 0 radical (unpaired) electrons. The normalized spacial score (nSPS) is 9.33. The molecule has 4 heteroatoms. The minimum Gasteiger partial charge on any atom is -0.465 e. The van der Waals surface area contributed by atoms with Crippen molar-refractivity contribution in [2.24, 2.45) is 0 Å². The molecule has 1 aromatic carbocycles. The van der Waals surface area contributed by atoms with Crippen LogP contribution in [0.5, 0.6) is 0 Å². The van der Waals surface area contributed by atoms with Crippen molar-refractivity contribution in [3.8, 4) is 0 Å². The number of benzene rings is 1. The molecule has 1 aromatic rings. The van der Waals surface area contributed by atoms with Gasteiger partial charge in [-0.3, -0.25) is 10.1 Å². The van der Waals surface area contributed by atoms with Crippen LogP contribution in [0.3, 0.4) is 0 Å². The fourth-order valence-electron chi connectivity index (χ4n) is 1.11. The van der Waals surface area contributed by atoms with Crippen molar-refractivity contribution in [3.63, 3.8) is 0 Å². The number of amides is 2. The maximum absolute atomic E-state index is 11.2. The fourth-order valence-corrected chi connectivity index (χ4v) is 1.11. The highest BCUT2D eigenvalue weighted by atomic mass is 16.4. The van der Waals surface area contributed by atoms with Gasteiger partial charge in [-0.1, -0.05) is 36.9 Å². The number of imide groups is 1. The summed E-state index contributed by atoms with van der Waals surface area (Å²) in [6.07, 6.45) is -1.02. The summed E-state index contributed by atoms with van der Waals surface area (Å²) in [5, 5.41) is 10.1. The molecule has 2 N–H and O–H groups in total. The Morgan fingerprint density at radius 2 is 1.87 bits per heavy atom. The third-order valence-electron chi connectivity index (χ3n) is 1.80. The highest BCUT2D eigenvalue weighted by Crippen LogP contribution is 2.05. The molecule has 0 aliphatic carbocycles. The van der Waals surface area contributed by atoms with Crippen LogP contribution in [0.4, 0.5) is 4.79 Å². The van der Waals surface area contributed by atoms with Crippen LogP contribution in [0.25, 0.3) is 0 Å². The Labute approximate surface area is 87.2 Å². The molecule has 0 atom stereocenters. The van der Waals surface area contributed by atoms with E-state index < -0.39 is 12.0 Å².